The Kier molecular flexibility index (Phi) is 3.48. The summed E-state index contributed by atoms with van der Waals surface area (Å²) in [5, 5.41) is 4.43. The van der Waals surface area contributed by atoms with Crippen LogP contribution in [0.5, 0.6) is 0 Å². The third-order valence-electron chi connectivity index (χ3n) is 3.05. The number of aromatic nitrogens is 3. The van der Waals surface area contributed by atoms with E-state index >= 15 is 0 Å². The first-order valence-corrected chi connectivity index (χ1v) is 6.95. The fourth-order valence-electron chi connectivity index (χ4n) is 2.06. The van der Waals surface area contributed by atoms with Gasteiger partial charge in [-0.15, -0.1) is 11.3 Å². The summed E-state index contributed by atoms with van der Waals surface area (Å²) in [5.74, 6) is 0. The SMILES string of the molecule is CNC(Cc1nc2ccccc2s1)c1cncnc1. The molecule has 1 N–H and O–H groups in total. The molecule has 3 aromatic rings. The highest BCUT2D eigenvalue weighted by Crippen LogP contribution is 2.25. The van der Waals surface area contributed by atoms with Crippen LogP contribution in [-0.2, 0) is 6.42 Å². The van der Waals surface area contributed by atoms with Crippen molar-refractivity contribution < 1.29 is 0 Å². The minimum absolute atomic E-state index is 0.196. The quantitative estimate of drug-likeness (QED) is 0.791. The topological polar surface area (TPSA) is 50.7 Å². The Morgan fingerprint density at radius 3 is 2.74 bits per heavy atom. The van der Waals surface area contributed by atoms with Gasteiger partial charge in [-0.25, -0.2) is 15.0 Å². The zero-order chi connectivity index (χ0) is 13.1. The summed E-state index contributed by atoms with van der Waals surface area (Å²) >= 11 is 1.74. The van der Waals surface area contributed by atoms with E-state index in [4.69, 9.17) is 0 Å². The average molecular weight is 270 g/mol. The van der Waals surface area contributed by atoms with E-state index in [1.165, 1.54) is 4.70 Å². The Morgan fingerprint density at radius 2 is 2.00 bits per heavy atom. The van der Waals surface area contributed by atoms with Crippen LogP contribution in [0.3, 0.4) is 0 Å². The fraction of sp³-hybridized carbons (Fsp3) is 0.214. The summed E-state index contributed by atoms with van der Waals surface area (Å²) in [7, 11) is 1.95. The number of hydrogen-bond acceptors (Lipinski definition) is 5. The van der Waals surface area contributed by atoms with Gasteiger partial charge in [0.1, 0.15) is 6.33 Å². The van der Waals surface area contributed by atoms with E-state index in [1.807, 2.05) is 31.6 Å². The minimum atomic E-state index is 0.196. The molecule has 5 heteroatoms. The second-order valence-electron chi connectivity index (χ2n) is 4.29. The third-order valence-corrected chi connectivity index (χ3v) is 4.11. The van der Waals surface area contributed by atoms with Crippen molar-refractivity contribution in [2.75, 3.05) is 7.05 Å². The van der Waals surface area contributed by atoms with Crippen molar-refractivity contribution in [1.29, 1.82) is 0 Å². The molecular formula is C14H14N4S. The van der Waals surface area contributed by atoms with E-state index < -0.39 is 0 Å². The molecule has 1 atom stereocenters. The predicted molar refractivity (Wildman–Crippen MR) is 77.2 cm³/mol. The van der Waals surface area contributed by atoms with E-state index in [0.29, 0.717) is 0 Å². The van der Waals surface area contributed by atoms with Gasteiger partial charge in [0, 0.05) is 30.4 Å². The Hall–Kier alpha value is -1.85. The monoisotopic (exact) mass is 270 g/mol. The summed E-state index contributed by atoms with van der Waals surface area (Å²) in [5.41, 5.74) is 2.16. The van der Waals surface area contributed by atoms with Crippen LogP contribution in [0.1, 0.15) is 16.6 Å². The van der Waals surface area contributed by atoms with E-state index in [-0.39, 0.29) is 6.04 Å². The van der Waals surface area contributed by atoms with Crippen LogP contribution in [0.4, 0.5) is 0 Å². The summed E-state index contributed by atoms with van der Waals surface area (Å²) in [6.45, 7) is 0. The maximum absolute atomic E-state index is 4.66. The standard InChI is InChI=1S/C14H14N4S/c1-15-12(10-7-16-9-17-8-10)6-14-18-11-4-2-3-5-13(11)19-14/h2-5,7-9,12,15H,6H2,1H3. The molecule has 0 saturated carbocycles. The van der Waals surface area contributed by atoms with Crippen LogP contribution in [0.15, 0.2) is 43.0 Å². The molecule has 96 valence electrons. The number of thiazole rings is 1. The van der Waals surface area contributed by atoms with Gasteiger partial charge in [0.05, 0.1) is 15.2 Å². The molecule has 19 heavy (non-hydrogen) atoms. The van der Waals surface area contributed by atoms with E-state index in [9.17, 15) is 0 Å². The van der Waals surface area contributed by atoms with Crippen LogP contribution < -0.4 is 5.32 Å². The van der Waals surface area contributed by atoms with Gasteiger partial charge >= 0.3 is 0 Å². The molecule has 0 radical (unpaired) electrons. The van der Waals surface area contributed by atoms with Gasteiger partial charge in [0.2, 0.25) is 0 Å². The van der Waals surface area contributed by atoms with Crippen molar-refractivity contribution in [3.8, 4) is 0 Å². The van der Waals surface area contributed by atoms with Crippen molar-refractivity contribution in [3.63, 3.8) is 0 Å². The Morgan fingerprint density at radius 1 is 1.21 bits per heavy atom. The fourth-order valence-corrected chi connectivity index (χ4v) is 3.07. The predicted octanol–water partition coefficient (Wildman–Crippen LogP) is 2.59. The smallest absolute Gasteiger partial charge is 0.115 e. The van der Waals surface area contributed by atoms with E-state index in [1.54, 1.807) is 17.7 Å². The molecule has 1 unspecified atom stereocenters. The highest BCUT2D eigenvalue weighted by molar-refractivity contribution is 7.18. The van der Waals surface area contributed by atoms with Crippen LogP contribution >= 0.6 is 11.3 Å². The molecule has 4 nitrogen and oxygen atoms in total. The zero-order valence-electron chi connectivity index (χ0n) is 10.6. The number of likely N-dealkylation sites (N-methyl/N-ethyl adjacent to an activating group) is 1. The Balaban J connectivity index is 1.86. The number of fused-ring (bicyclic) bond motifs is 1. The van der Waals surface area contributed by atoms with Gasteiger partial charge in [-0.3, -0.25) is 0 Å². The minimum Gasteiger partial charge on any atom is -0.313 e. The van der Waals surface area contributed by atoms with Gasteiger partial charge in [0.25, 0.3) is 0 Å². The molecule has 0 fully saturated rings. The molecule has 0 aliphatic carbocycles. The summed E-state index contributed by atoms with van der Waals surface area (Å²) < 4.78 is 1.23. The number of nitrogens with one attached hydrogen (secondary N) is 1. The zero-order valence-corrected chi connectivity index (χ0v) is 11.4. The molecule has 1 aromatic carbocycles. The third kappa shape index (κ3) is 2.62. The lowest BCUT2D eigenvalue weighted by atomic mass is 10.1. The molecule has 3 rings (SSSR count). The van der Waals surface area contributed by atoms with Crippen LogP contribution in [0.25, 0.3) is 10.2 Å². The largest absolute Gasteiger partial charge is 0.313 e. The van der Waals surface area contributed by atoms with Gasteiger partial charge in [-0.1, -0.05) is 12.1 Å². The average Bonchev–Trinajstić information content (AvgIpc) is 2.88. The summed E-state index contributed by atoms with van der Waals surface area (Å²) in [6.07, 6.45) is 6.10. The lowest BCUT2D eigenvalue weighted by molar-refractivity contribution is 0.586. The summed E-state index contributed by atoms with van der Waals surface area (Å²) in [4.78, 5) is 12.8. The first kappa shape index (κ1) is 12.2. The lowest BCUT2D eigenvalue weighted by Crippen LogP contribution is -2.19. The molecule has 0 amide bonds. The molecular weight excluding hydrogens is 256 g/mol. The van der Waals surface area contributed by atoms with Gasteiger partial charge in [0.15, 0.2) is 0 Å². The van der Waals surface area contributed by atoms with Crippen molar-refractivity contribution in [3.05, 3.63) is 53.6 Å². The Labute approximate surface area is 115 Å². The van der Waals surface area contributed by atoms with Crippen LogP contribution in [0.2, 0.25) is 0 Å². The van der Waals surface area contributed by atoms with Gasteiger partial charge in [-0.2, -0.15) is 0 Å². The second-order valence-corrected chi connectivity index (χ2v) is 5.41. The van der Waals surface area contributed by atoms with Gasteiger partial charge < -0.3 is 5.32 Å². The molecule has 2 heterocycles. The molecule has 0 saturated heterocycles. The molecule has 0 aliphatic rings. The normalized spacial score (nSPS) is 12.7. The van der Waals surface area contributed by atoms with Crippen molar-refractivity contribution >= 4 is 21.6 Å². The summed E-state index contributed by atoms with van der Waals surface area (Å²) in [6, 6.07) is 8.42. The Bertz CT molecular complexity index is 632. The molecule has 2 aromatic heterocycles. The number of rotatable bonds is 4. The van der Waals surface area contributed by atoms with Gasteiger partial charge in [-0.05, 0) is 19.2 Å². The number of nitrogens with zero attached hydrogens (tertiary/aromatic N) is 3. The maximum Gasteiger partial charge on any atom is 0.115 e. The number of para-hydroxylation sites is 1. The van der Waals surface area contributed by atoms with Crippen LogP contribution in [-0.4, -0.2) is 22.0 Å². The second kappa shape index (κ2) is 5.42. The highest BCUT2D eigenvalue weighted by Gasteiger charge is 2.13. The number of hydrogen-bond donors (Lipinski definition) is 1. The van der Waals surface area contributed by atoms with E-state index in [2.05, 4.69) is 32.4 Å². The van der Waals surface area contributed by atoms with Crippen LogP contribution in [0, 0.1) is 0 Å². The van der Waals surface area contributed by atoms with Crippen molar-refractivity contribution in [2.45, 2.75) is 12.5 Å². The maximum atomic E-state index is 4.66. The van der Waals surface area contributed by atoms with E-state index in [0.717, 1.165) is 22.5 Å². The lowest BCUT2D eigenvalue weighted by Gasteiger charge is -2.13. The molecule has 0 bridgehead atoms. The van der Waals surface area contributed by atoms with Crippen molar-refractivity contribution in [1.82, 2.24) is 20.3 Å². The highest BCUT2D eigenvalue weighted by atomic mass is 32.1. The molecule has 0 aliphatic heterocycles. The molecule has 0 spiro atoms. The number of benzene rings is 1. The first-order chi connectivity index (χ1) is 9.36. The van der Waals surface area contributed by atoms with Crippen molar-refractivity contribution in [2.24, 2.45) is 0 Å². The first-order valence-electron chi connectivity index (χ1n) is 6.13.